The highest BCUT2D eigenvalue weighted by molar-refractivity contribution is 9.10. The SMILES string of the molecule is CCNC(CC(C)COC)c1c(Br)cnn1C. The van der Waals surface area contributed by atoms with E-state index >= 15 is 0 Å². The van der Waals surface area contributed by atoms with E-state index in [0.29, 0.717) is 12.0 Å². The first-order valence-electron chi connectivity index (χ1n) is 5.99. The molecule has 1 aromatic rings. The van der Waals surface area contributed by atoms with E-state index in [9.17, 15) is 0 Å². The Kier molecular flexibility index (Phi) is 6.16. The van der Waals surface area contributed by atoms with Gasteiger partial charge in [-0.1, -0.05) is 13.8 Å². The van der Waals surface area contributed by atoms with Crippen LogP contribution >= 0.6 is 15.9 Å². The number of aryl methyl sites for hydroxylation is 1. The summed E-state index contributed by atoms with van der Waals surface area (Å²) in [6.45, 7) is 6.07. The number of nitrogens with one attached hydrogen (secondary N) is 1. The van der Waals surface area contributed by atoms with Crippen molar-refractivity contribution in [3.8, 4) is 0 Å². The van der Waals surface area contributed by atoms with Gasteiger partial charge < -0.3 is 10.1 Å². The van der Waals surface area contributed by atoms with Crippen molar-refractivity contribution >= 4 is 15.9 Å². The molecule has 0 saturated heterocycles. The van der Waals surface area contributed by atoms with E-state index in [4.69, 9.17) is 4.74 Å². The largest absolute Gasteiger partial charge is 0.384 e. The summed E-state index contributed by atoms with van der Waals surface area (Å²) in [6.07, 6.45) is 2.89. The van der Waals surface area contributed by atoms with Gasteiger partial charge in [-0.3, -0.25) is 4.68 Å². The van der Waals surface area contributed by atoms with Crippen LogP contribution in [0.25, 0.3) is 0 Å². The maximum absolute atomic E-state index is 5.20. The topological polar surface area (TPSA) is 39.1 Å². The van der Waals surface area contributed by atoms with Crippen molar-refractivity contribution in [3.05, 3.63) is 16.4 Å². The Morgan fingerprint density at radius 2 is 2.29 bits per heavy atom. The van der Waals surface area contributed by atoms with Gasteiger partial charge >= 0.3 is 0 Å². The third-order valence-electron chi connectivity index (χ3n) is 2.81. The van der Waals surface area contributed by atoms with Crippen LogP contribution in [-0.4, -0.2) is 30.0 Å². The lowest BCUT2D eigenvalue weighted by Gasteiger charge is -2.22. The van der Waals surface area contributed by atoms with Crippen molar-refractivity contribution in [3.63, 3.8) is 0 Å². The Balaban J connectivity index is 2.78. The van der Waals surface area contributed by atoms with Gasteiger partial charge in [0.2, 0.25) is 0 Å². The second kappa shape index (κ2) is 7.13. The minimum atomic E-state index is 0.312. The molecule has 0 aliphatic carbocycles. The van der Waals surface area contributed by atoms with E-state index in [-0.39, 0.29) is 0 Å². The van der Waals surface area contributed by atoms with Crippen LogP contribution in [0.3, 0.4) is 0 Å². The van der Waals surface area contributed by atoms with E-state index in [1.165, 1.54) is 5.69 Å². The van der Waals surface area contributed by atoms with Gasteiger partial charge in [-0.25, -0.2) is 0 Å². The van der Waals surface area contributed by atoms with Crippen molar-refractivity contribution < 1.29 is 4.74 Å². The first-order valence-corrected chi connectivity index (χ1v) is 6.79. The number of hydrogen-bond donors (Lipinski definition) is 1. The van der Waals surface area contributed by atoms with Crippen LogP contribution in [0.2, 0.25) is 0 Å². The van der Waals surface area contributed by atoms with Gasteiger partial charge in [-0.05, 0) is 34.8 Å². The molecule has 98 valence electrons. The van der Waals surface area contributed by atoms with Crippen LogP contribution < -0.4 is 5.32 Å². The Morgan fingerprint density at radius 1 is 1.59 bits per heavy atom. The molecule has 0 bridgehead atoms. The molecule has 1 rings (SSSR count). The average molecular weight is 304 g/mol. The minimum absolute atomic E-state index is 0.312. The predicted molar refractivity (Wildman–Crippen MR) is 73.0 cm³/mol. The van der Waals surface area contributed by atoms with Crippen molar-refractivity contribution in [1.82, 2.24) is 15.1 Å². The highest BCUT2D eigenvalue weighted by atomic mass is 79.9. The fraction of sp³-hybridized carbons (Fsp3) is 0.750. The zero-order valence-corrected chi connectivity index (χ0v) is 12.6. The lowest BCUT2D eigenvalue weighted by molar-refractivity contribution is 0.149. The highest BCUT2D eigenvalue weighted by Crippen LogP contribution is 2.27. The molecule has 2 unspecified atom stereocenters. The van der Waals surface area contributed by atoms with E-state index in [1.54, 1.807) is 7.11 Å². The minimum Gasteiger partial charge on any atom is -0.384 e. The zero-order chi connectivity index (χ0) is 12.8. The van der Waals surface area contributed by atoms with Crippen LogP contribution in [0, 0.1) is 5.92 Å². The summed E-state index contributed by atoms with van der Waals surface area (Å²) < 4.78 is 8.19. The zero-order valence-electron chi connectivity index (χ0n) is 11.0. The monoisotopic (exact) mass is 303 g/mol. The summed E-state index contributed by atoms with van der Waals surface area (Å²) in [5, 5.41) is 7.78. The number of rotatable bonds is 7. The first-order chi connectivity index (χ1) is 8.10. The van der Waals surface area contributed by atoms with Gasteiger partial charge in [-0.2, -0.15) is 5.10 Å². The molecule has 1 N–H and O–H groups in total. The van der Waals surface area contributed by atoms with E-state index in [1.807, 2.05) is 17.9 Å². The van der Waals surface area contributed by atoms with Gasteiger partial charge in [-0.15, -0.1) is 0 Å². The summed E-state index contributed by atoms with van der Waals surface area (Å²) in [5.41, 5.74) is 1.20. The predicted octanol–water partition coefficient (Wildman–Crippen LogP) is 2.51. The average Bonchev–Trinajstić information content (AvgIpc) is 2.58. The summed E-state index contributed by atoms with van der Waals surface area (Å²) in [6, 6.07) is 0.312. The number of nitrogens with zero attached hydrogens (tertiary/aromatic N) is 2. The van der Waals surface area contributed by atoms with Crippen molar-refractivity contribution in [2.45, 2.75) is 26.3 Å². The van der Waals surface area contributed by atoms with Crippen LogP contribution in [0.15, 0.2) is 10.7 Å². The summed E-state index contributed by atoms with van der Waals surface area (Å²) in [4.78, 5) is 0. The summed E-state index contributed by atoms with van der Waals surface area (Å²) >= 11 is 3.56. The molecule has 0 fully saturated rings. The molecule has 0 radical (unpaired) electrons. The molecular weight excluding hydrogens is 282 g/mol. The molecule has 0 aliphatic rings. The number of methoxy groups -OCH3 is 1. The quantitative estimate of drug-likeness (QED) is 0.841. The van der Waals surface area contributed by atoms with E-state index < -0.39 is 0 Å². The van der Waals surface area contributed by atoms with Crippen molar-refractivity contribution in [2.75, 3.05) is 20.3 Å². The number of ether oxygens (including phenoxy) is 1. The Hall–Kier alpha value is -0.390. The molecule has 4 nitrogen and oxygen atoms in total. The smallest absolute Gasteiger partial charge is 0.0692 e. The van der Waals surface area contributed by atoms with Gasteiger partial charge in [0.25, 0.3) is 0 Å². The fourth-order valence-corrected chi connectivity index (χ4v) is 2.73. The van der Waals surface area contributed by atoms with Gasteiger partial charge in [0.15, 0.2) is 0 Å². The Labute approximate surface area is 112 Å². The van der Waals surface area contributed by atoms with Crippen LogP contribution in [-0.2, 0) is 11.8 Å². The second-order valence-electron chi connectivity index (χ2n) is 4.41. The molecule has 0 aromatic carbocycles. The molecule has 0 saturated carbocycles. The lowest BCUT2D eigenvalue weighted by Crippen LogP contribution is -2.26. The maximum Gasteiger partial charge on any atom is 0.0692 e. The third-order valence-corrected chi connectivity index (χ3v) is 3.42. The molecule has 2 atom stereocenters. The normalized spacial score (nSPS) is 14.9. The van der Waals surface area contributed by atoms with E-state index in [2.05, 4.69) is 40.2 Å². The highest BCUT2D eigenvalue weighted by Gasteiger charge is 2.20. The first kappa shape index (κ1) is 14.7. The molecule has 5 heteroatoms. The number of aromatic nitrogens is 2. The van der Waals surface area contributed by atoms with Crippen LogP contribution in [0.4, 0.5) is 0 Å². The molecule has 0 amide bonds. The maximum atomic E-state index is 5.20. The summed E-state index contributed by atoms with van der Waals surface area (Å²) in [7, 11) is 3.73. The Morgan fingerprint density at radius 3 is 2.76 bits per heavy atom. The summed E-state index contributed by atoms with van der Waals surface area (Å²) in [5.74, 6) is 0.519. The molecular formula is C12H22BrN3O. The van der Waals surface area contributed by atoms with Crippen LogP contribution in [0.5, 0.6) is 0 Å². The van der Waals surface area contributed by atoms with E-state index in [0.717, 1.165) is 24.0 Å². The number of halogens is 1. The van der Waals surface area contributed by atoms with Crippen LogP contribution in [0.1, 0.15) is 32.0 Å². The molecule has 1 aromatic heterocycles. The standard InChI is InChI=1S/C12H22BrN3O/c1-5-14-11(6-9(2)8-17-4)12-10(13)7-15-16(12)3/h7,9,11,14H,5-6,8H2,1-4H3. The lowest BCUT2D eigenvalue weighted by atomic mass is 10.00. The van der Waals surface area contributed by atoms with Crippen molar-refractivity contribution in [1.29, 1.82) is 0 Å². The van der Waals surface area contributed by atoms with Gasteiger partial charge in [0.1, 0.15) is 0 Å². The Bertz CT molecular complexity index is 321. The molecule has 1 heterocycles. The second-order valence-corrected chi connectivity index (χ2v) is 5.26. The van der Waals surface area contributed by atoms with Crippen molar-refractivity contribution in [2.24, 2.45) is 13.0 Å². The van der Waals surface area contributed by atoms with Gasteiger partial charge in [0.05, 0.1) is 22.4 Å². The molecule has 17 heavy (non-hydrogen) atoms. The molecule has 0 aliphatic heterocycles. The van der Waals surface area contributed by atoms with Gasteiger partial charge in [0, 0.05) is 20.8 Å². The fourth-order valence-electron chi connectivity index (χ4n) is 2.11. The molecule has 0 spiro atoms. The third kappa shape index (κ3) is 4.08. The number of hydrogen-bond acceptors (Lipinski definition) is 3.